The number of carbonyl (C=O) groups is 1. The summed E-state index contributed by atoms with van der Waals surface area (Å²) in [4.78, 5) is 15.2. The van der Waals surface area contributed by atoms with Gasteiger partial charge in [-0.15, -0.1) is 0 Å². The summed E-state index contributed by atoms with van der Waals surface area (Å²) < 4.78 is 33.0. The highest BCUT2D eigenvalue weighted by molar-refractivity contribution is 7.89. The number of nitriles is 1. The highest BCUT2D eigenvalue weighted by Gasteiger charge is 2.28. The Hall–Kier alpha value is -3.19. The number of nitrogens with zero attached hydrogens (tertiary/aromatic N) is 3. The number of hydrogen-bond donors (Lipinski definition) is 1. The average Bonchev–Trinajstić information content (AvgIpc) is 3.38. The second-order valence-electron chi connectivity index (χ2n) is 7.92. The first-order valence-corrected chi connectivity index (χ1v) is 12.4. The SMILES string of the molecule is N#C/C(=C/c1ccccc1)C(=O)Nc1cc(S(=O)(=O)N2CCOCC2)ccc1N1CCCC1. The van der Waals surface area contributed by atoms with Crippen LogP contribution in [0, 0.1) is 11.3 Å². The average molecular weight is 467 g/mol. The molecule has 2 aliphatic heterocycles. The van der Waals surface area contributed by atoms with Crippen molar-refractivity contribution in [3.05, 3.63) is 59.7 Å². The number of benzene rings is 2. The zero-order chi connectivity index (χ0) is 23.3. The highest BCUT2D eigenvalue weighted by Crippen LogP contribution is 2.33. The molecule has 0 radical (unpaired) electrons. The molecule has 1 amide bonds. The zero-order valence-corrected chi connectivity index (χ0v) is 19.1. The molecular weight excluding hydrogens is 440 g/mol. The van der Waals surface area contributed by atoms with E-state index in [0.29, 0.717) is 18.9 Å². The van der Waals surface area contributed by atoms with Gasteiger partial charge in [0.25, 0.3) is 5.91 Å². The molecule has 0 unspecified atom stereocenters. The summed E-state index contributed by atoms with van der Waals surface area (Å²) in [5, 5.41) is 12.4. The molecule has 2 heterocycles. The number of amides is 1. The van der Waals surface area contributed by atoms with Crippen LogP contribution in [0.15, 0.2) is 59.0 Å². The Kier molecular flexibility index (Phi) is 7.08. The molecule has 2 fully saturated rings. The van der Waals surface area contributed by atoms with E-state index in [1.54, 1.807) is 24.3 Å². The van der Waals surface area contributed by atoms with Gasteiger partial charge in [-0.1, -0.05) is 30.3 Å². The molecule has 0 aliphatic carbocycles. The van der Waals surface area contributed by atoms with Crippen molar-refractivity contribution in [1.82, 2.24) is 4.31 Å². The van der Waals surface area contributed by atoms with Crippen molar-refractivity contribution in [2.24, 2.45) is 0 Å². The van der Waals surface area contributed by atoms with Crippen LogP contribution in [0.4, 0.5) is 11.4 Å². The van der Waals surface area contributed by atoms with Gasteiger partial charge in [-0.25, -0.2) is 8.42 Å². The molecule has 0 atom stereocenters. The topological polar surface area (TPSA) is 103 Å². The van der Waals surface area contributed by atoms with E-state index in [1.807, 2.05) is 24.3 Å². The molecule has 172 valence electrons. The number of ether oxygens (including phenoxy) is 1. The van der Waals surface area contributed by atoms with E-state index in [1.165, 1.54) is 16.4 Å². The van der Waals surface area contributed by atoms with E-state index in [-0.39, 0.29) is 23.6 Å². The maximum Gasteiger partial charge on any atom is 0.266 e. The predicted molar refractivity (Wildman–Crippen MR) is 126 cm³/mol. The number of rotatable bonds is 6. The third-order valence-electron chi connectivity index (χ3n) is 5.75. The second-order valence-corrected chi connectivity index (χ2v) is 9.86. The largest absolute Gasteiger partial charge is 0.379 e. The molecule has 9 heteroatoms. The number of nitrogens with one attached hydrogen (secondary N) is 1. The van der Waals surface area contributed by atoms with E-state index in [4.69, 9.17) is 4.74 Å². The van der Waals surface area contributed by atoms with Gasteiger partial charge in [0.2, 0.25) is 10.0 Å². The maximum absolute atomic E-state index is 13.2. The van der Waals surface area contributed by atoms with Crippen molar-refractivity contribution in [2.45, 2.75) is 17.7 Å². The predicted octanol–water partition coefficient (Wildman–Crippen LogP) is 2.85. The van der Waals surface area contributed by atoms with E-state index >= 15 is 0 Å². The van der Waals surface area contributed by atoms with Crippen molar-refractivity contribution in [1.29, 1.82) is 5.26 Å². The number of anilines is 2. The Morgan fingerprint density at radius 2 is 1.73 bits per heavy atom. The lowest BCUT2D eigenvalue weighted by Gasteiger charge is -2.27. The van der Waals surface area contributed by atoms with Crippen molar-refractivity contribution in [3.63, 3.8) is 0 Å². The Bertz CT molecular complexity index is 1180. The standard InChI is InChI=1S/C24H26N4O4S/c25-18-20(16-19-6-2-1-3-7-19)24(29)26-22-17-21(8-9-23(22)27-10-4-5-11-27)33(30,31)28-12-14-32-15-13-28/h1-3,6-9,16-17H,4-5,10-15H2,(H,26,29)/b20-16-. The molecule has 1 N–H and O–H groups in total. The number of carbonyl (C=O) groups excluding carboxylic acids is 1. The summed E-state index contributed by atoms with van der Waals surface area (Å²) in [6.07, 6.45) is 3.57. The minimum atomic E-state index is -3.73. The molecule has 0 spiro atoms. The molecule has 8 nitrogen and oxygen atoms in total. The van der Waals surface area contributed by atoms with Crippen LogP contribution in [0.25, 0.3) is 6.08 Å². The first-order valence-electron chi connectivity index (χ1n) is 10.9. The van der Waals surface area contributed by atoms with Gasteiger partial charge in [-0.05, 0) is 42.7 Å². The fraction of sp³-hybridized carbons (Fsp3) is 0.333. The number of hydrogen-bond acceptors (Lipinski definition) is 6. The van der Waals surface area contributed by atoms with Crippen LogP contribution in [-0.2, 0) is 19.6 Å². The normalized spacial score (nSPS) is 17.5. The molecule has 2 aromatic carbocycles. The van der Waals surface area contributed by atoms with Crippen LogP contribution in [-0.4, -0.2) is 58.0 Å². The number of morpholine rings is 1. The molecule has 33 heavy (non-hydrogen) atoms. The summed E-state index contributed by atoms with van der Waals surface area (Å²) in [5.74, 6) is -0.581. The Labute approximate surface area is 194 Å². The molecule has 2 aliphatic rings. The summed E-state index contributed by atoms with van der Waals surface area (Å²) in [6.45, 7) is 2.92. The lowest BCUT2D eigenvalue weighted by Crippen LogP contribution is -2.40. The minimum absolute atomic E-state index is 0.0602. The molecule has 0 aromatic heterocycles. The van der Waals surface area contributed by atoms with Gasteiger partial charge in [-0.3, -0.25) is 4.79 Å². The van der Waals surface area contributed by atoms with Crippen LogP contribution in [0.1, 0.15) is 18.4 Å². The van der Waals surface area contributed by atoms with E-state index in [0.717, 1.165) is 37.2 Å². The molecule has 2 aromatic rings. The smallest absolute Gasteiger partial charge is 0.266 e. The van der Waals surface area contributed by atoms with Crippen LogP contribution >= 0.6 is 0 Å². The summed E-state index contributed by atoms with van der Waals surface area (Å²) in [6, 6.07) is 15.9. The fourth-order valence-corrected chi connectivity index (χ4v) is 5.43. The molecule has 0 bridgehead atoms. The van der Waals surface area contributed by atoms with Crippen LogP contribution in [0.3, 0.4) is 0 Å². The maximum atomic E-state index is 13.2. The van der Waals surface area contributed by atoms with Crippen molar-refractivity contribution in [2.75, 3.05) is 49.6 Å². The summed E-state index contributed by atoms with van der Waals surface area (Å²) >= 11 is 0. The zero-order valence-electron chi connectivity index (χ0n) is 18.2. The minimum Gasteiger partial charge on any atom is -0.379 e. The first-order chi connectivity index (χ1) is 16.0. The quantitative estimate of drug-likeness (QED) is 0.519. The molecule has 0 saturated carbocycles. The van der Waals surface area contributed by atoms with Gasteiger partial charge in [0.15, 0.2) is 0 Å². The van der Waals surface area contributed by atoms with Crippen LogP contribution in [0.2, 0.25) is 0 Å². The van der Waals surface area contributed by atoms with Crippen molar-refractivity contribution >= 4 is 33.4 Å². The molecular formula is C24H26N4O4S. The van der Waals surface area contributed by atoms with Gasteiger partial charge >= 0.3 is 0 Å². The number of sulfonamides is 1. The van der Waals surface area contributed by atoms with Gasteiger partial charge in [0, 0.05) is 26.2 Å². The summed E-state index contributed by atoms with van der Waals surface area (Å²) in [5.41, 5.74) is 1.80. The lowest BCUT2D eigenvalue weighted by molar-refractivity contribution is -0.112. The highest BCUT2D eigenvalue weighted by atomic mass is 32.2. The van der Waals surface area contributed by atoms with E-state index in [2.05, 4.69) is 10.2 Å². The third-order valence-corrected chi connectivity index (χ3v) is 7.64. The monoisotopic (exact) mass is 466 g/mol. The Morgan fingerprint density at radius 3 is 2.39 bits per heavy atom. The van der Waals surface area contributed by atoms with Crippen LogP contribution < -0.4 is 10.2 Å². The third kappa shape index (κ3) is 5.25. The van der Waals surface area contributed by atoms with Gasteiger partial charge in [0.1, 0.15) is 11.6 Å². The van der Waals surface area contributed by atoms with Gasteiger partial charge in [-0.2, -0.15) is 9.57 Å². The van der Waals surface area contributed by atoms with E-state index in [9.17, 15) is 18.5 Å². The molecule has 4 rings (SSSR count). The Morgan fingerprint density at radius 1 is 1.03 bits per heavy atom. The molecule has 2 saturated heterocycles. The Balaban J connectivity index is 1.67. The lowest BCUT2D eigenvalue weighted by atomic mass is 10.1. The summed E-state index contributed by atoms with van der Waals surface area (Å²) in [7, 11) is -3.73. The van der Waals surface area contributed by atoms with Crippen LogP contribution in [0.5, 0.6) is 0 Å². The van der Waals surface area contributed by atoms with Gasteiger partial charge in [0.05, 0.1) is 29.5 Å². The van der Waals surface area contributed by atoms with E-state index < -0.39 is 15.9 Å². The van der Waals surface area contributed by atoms with Gasteiger partial charge < -0.3 is 15.0 Å². The second kappa shape index (κ2) is 10.2. The first kappa shape index (κ1) is 23.0. The van der Waals surface area contributed by atoms with Crippen molar-refractivity contribution in [3.8, 4) is 6.07 Å². The fourth-order valence-electron chi connectivity index (χ4n) is 4.00. The van der Waals surface area contributed by atoms with Crippen molar-refractivity contribution < 1.29 is 17.9 Å².